The van der Waals surface area contributed by atoms with E-state index in [4.69, 9.17) is 16.3 Å². The maximum Gasteiger partial charge on any atom is 0.322 e. The molecule has 1 aromatic heterocycles. The number of aromatic nitrogens is 1. The van der Waals surface area contributed by atoms with Gasteiger partial charge in [-0.25, -0.2) is 8.42 Å². The van der Waals surface area contributed by atoms with Gasteiger partial charge < -0.3 is 9.84 Å². The van der Waals surface area contributed by atoms with E-state index in [0.29, 0.717) is 26.1 Å². The van der Waals surface area contributed by atoms with E-state index in [2.05, 4.69) is 4.98 Å². The molecule has 1 aliphatic heterocycles. The van der Waals surface area contributed by atoms with Crippen LogP contribution in [-0.4, -0.2) is 55.1 Å². The number of halogens is 1. The highest BCUT2D eigenvalue weighted by Crippen LogP contribution is 2.27. The number of carbonyl (C=O) groups is 1. The van der Waals surface area contributed by atoms with E-state index in [-0.39, 0.29) is 15.8 Å². The second kappa shape index (κ2) is 6.91. The SMILES string of the molecule is CN(C(C(=O)O)C1CCOCC1)S(=O)(=O)c1cncc(Cl)c1. The van der Waals surface area contributed by atoms with Gasteiger partial charge in [0.2, 0.25) is 10.0 Å². The van der Waals surface area contributed by atoms with Crippen LogP contribution in [0.15, 0.2) is 23.4 Å². The molecule has 7 nitrogen and oxygen atoms in total. The monoisotopic (exact) mass is 348 g/mol. The second-order valence-electron chi connectivity index (χ2n) is 5.09. The molecule has 1 unspecified atom stereocenters. The fourth-order valence-electron chi connectivity index (χ4n) is 2.53. The van der Waals surface area contributed by atoms with Gasteiger partial charge in [-0.2, -0.15) is 4.31 Å². The Hall–Kier alpha value is -1.22. The Balaban J connectivity index is 2.33. The summed E-state index contributed by atoms with van der Waals surface area (Å²) < 4.78 is 31.3. The number of likely N-dealkylation sites (N-methyl/N-ethyl adjacent to an activating group) is 1. The highest BCUT2D eigenvalue weighted by molar-refractivity contribution is 7.89. The Morgan fingerprint density at radius 1 is 1.45 bits per heavy atom. The Labute approximate surface area is 133 Å². The number of sulfonamides is 1. The number of rotatable bonds is 5. The van der Waals surface area contributed by atoms with Crippen molar-refractivity contribution in [1.29, 1.82) is 0 Å². The van der Waals surface area contributed by atoms with Gasteiger partial charge in [0.25, 0.3) is 0 Å². The number of nitrogens with zero attached hydrogens (tertiary/aromatic N) is 2. The first-order valence-corrected chi connectivity index (χ1v) is 8.55. The van der Waals surface area contributed by atoms with Crippen LogP contribution in [0.3, 0.4) is 0 Å². The van der Waals surface area contributed by atoms with Crippen LogP contribution in [0, 0.1) is 5.92 Å². The van der Waals surface area contributed by atoms with Crippen molar-refractivity contribution in [1.82, 2.24) is 9.29 Å². The highest BCUT2D eigenvalue weighted by atomic mass is 35.5. The average Bonchev–Trinajstić information content (AvgIpc) is 2.48. The molecule has 22 heavy (non-hydrogen) atoms. The van der Waals surface area contributed by atoms with Gasteiger partial charge in [-0.1, -0.05) is 11.6 Å². The molecule has 9 heteroatoms. The lowest BCUT2D eigenvalue weighted by Crippen LogP contribution is -2.48. The fraction of sp³-hybridized carbons (Fsp3) is 0.538. The van der Waals surface area contributed by atoms with Crippen molar-refractivity contribution < 1.29 is 23.1 Å². The van der Waals surface area contributed by atoms with E-state index < -0.39 is 22.0 Å². The number of ether oxygens (including phenoxy) is 1. The Morgan fingerprint density at radius 2 is 2.09 bits per heavy atom. The van der Waals surface area contributed by atoms with E-state index in [1.165, 1.54) is 19.3 Å². The smallest absolute Gasteiger partial charge is 0.322 e. The lowest BCUT2D eigenvalue weighted by atomic mass is 9.92. The minimum absolute atomic E-state index is 0.124. The predicted octanol–water partition coefficient (Wildman–Crippen LogP) is 1.24. The van der Waals surface area contributed by atoms with E-state index in [1.807, 2.05) is 0 Å². The van der Waals surface area contributed by atoms with Crippen molar-refractivity contribution in [3.8, 4) is 0 Å². The van der Waals surface area contributed by atoms with Crippen LogP contribution >= 0.6 is 11.6 Å². The van der Waals surface area contributed by atoms with Crippen LogP contribution in [0.4, 0.5) is 0 Å². The molecule has 0 saturated carbocycles. The molecular weight excluding hydrogens is 332 g/mol. The lowest BCUT2D eigenvalue weighted by molar-refractivity contribution is -0.144. The highest BCUT2D eigenvalue weighted by Gasteiger charge is 2.39. The first-order valence-electron chi connectivity index (χ1n) is 6.73. The summed E-state index contributed by atoms with van der Waals surface area (Å²) in [4.78, 5) is 15.2. The van der Waals surface area contributed by atoms with E-state index in [0.717, 1.165) is 10.5 Å². The van der Waals surface area contributed by atoms with Gasteiger partial charge >= 0.3 is 5.97 Å². The van der Waals surface area contributed by atoms with Crippen molar-refractivity contribution in [3.63, 3.8) is 0 Å². The van der Waals surface area contributed by atoms with Crippen molar-refractivity contribution in [2.24, 2.45) is 5.92 Å². The molecule has 2 heterocycles. The Morgan fingerprint density at radius 3 is 2.64 bits per heavy atom. The topological polar surface area (TPSA) is 96.8 Å². The largest absolute Gasteiger partial charge is 0.480 e. The first-order chi connectivity index (χ1) is 10.3. The maximum atomic E-state index is 12.6. The molecule has 1 N–H and O–H groups in total. The van der Waals surface area contributed by atoms with Crippen LogP contribution in [-0.2, 0) is 19.6 Å². The summed E-state index contributed by atoms with van der Waals surface area (Å²) in [5, 5.41) is 9.65. The first kappa shape index (κ1) is 17.1. The zero-order valence-corrected chi connectivity index (χ0v) is 13.5. The van der Waals surface area contributed by atoms with Crippen molar-refractivity contribution in [3.05, 3.63) is 23.5 Å². The van der Waals surface area contributed by atoms with Gasteiger partial charge in [0.05, 0.1) is 5.02 Å². The third kappa shape index (κ3) is 3.57. The molecule has 2 rings (SSSR count). The van der Waals surface area contributed by atoms with Crippen molar-refractivity contribution in [2.45, 2.75) is 23.8 Å². The van der Waals surface area contributed by atoms with Gasteiger partial charge in [-0.3, -0.25) is 9.78 Å². The molecule has 1 aliphatic rings. The molecule has 0 radical (unpaired) electrons. The molecule has 0 spiro atoms. The molecule has 122 valence electrons. The van der Waals surface area contributed by atoms with Crippen LogP contribution in [0.5, 0.6) is 0 Å². The van der Waals surface area contributed by atoms with Gasteiger partial charge in [0, 0.05) is 32.7 Å². The molecule has 0 amide bonds. The summed E-state index contributed by atoms with van der Waals surface area (Å²) in [7, 11) is -2.72. The summed E-state index contributed by atoms with van der Waals surface area (Å²) in [6, 6.07) is 0.108. The number of aliphatic carboxylic acids is 1. The average molecular weight is 349 g/mol. The summed E-state index contributed by atoms with van der Waals surface area (Å²) in [6.45, 7) is 0.863. The standard InChI is InChI=1S/C13H17ClN2O5S/c1-16(12(13(17)18)9-2-4-21-5-3-9)22(19,20)11-6-10(14)7-15-8-11/h6-9,12H,2-5H2,1H3,(H,17,18). The van der Waals surface area contributed by atoms with Crippen molar-refractivity contribution >= 4 is 27.6 Å². The Kier molecular flexibility index (Phi) is 5.38. The van der Waals surface area contributed by atoms with Crippen molar-refractivity contribution in [2.75, 3.05) is 20.3 Å². The molecule has 0 aromatic carbocycles. The Bertz CT molecular complexity index is 646. The van der Waals surface area contributed by atoms with Gasteiger partial charge in [0.15, 0.2) is 0 Å². The van der Waals surface area contributed by atoms with Crippen LogP contribution < -0.4 is 0 Å². The minimum atomic E-state index is -3.99. The van der Waals surface area contributed by atoms with Crippen LogP contribution in [0.1, 0.15) is 12.8 Å². The summed E-state index contributed by atoms with van der Waals surface area (Å²) >= 11 is 5.77. The number of carboxylic acid groups (broad SMARTS) is 1. The maximum absolute atomic E-state index is 12.6. The fourth-order valence-corrected chi connectivity index (χ4v) is 4.14. The van der Waals surface area contributed by atoms with Gasteiger partial charge in [-0.15, -0.1) is 0 Å². The quantitative estimate of drug-likeness (QED) is 0.859. The van der Waals surface area contributed by atoms with E-state index in [1.54, 1.807) is 0 Å². The third-order valence-corrected chi connectivity index (χ3v) is 5.73. The zero-order valence-electron chi connectivity index (χ0n) is 12.0. The summed E-state index contributed by atoms with van der Waals surface area (Å²) in [5.74, 6) is -1.47. The predicted molar refractivity (Wildman–Crippen MR) is 79.2 cm³/mol. The van der Waals surface area contributed by atoms with E-state index in [9.17, 15) is 18.3 Å². The molecule has 1 aromatic rings. The number of hydrogen-bond donors (Lipinski definition) is 1. The van der Waals surface area contributed by atoms with Crippen LogP contribution in [0.2, 0.25) is 5.02 Å². The molecule has 0 bridgehead atoms. The minimum Gasteiger partial charge on any atom is -0.480 e. The number of hydrogen-bond acceptors (Lipinski definition) is 5. The van der Waals surface area contributed by atoms with Gasteiger partial charge in [-0.05, 0) is 24.8 Å². The lowest BCUT2D eigenvalue weighted by Gasteiger charge is -2.33. The normalized spacial score (nSPS) is 18.3. The van der Waals surface area contributed by atoms with Gasteiger partial charge in [0.1, 0.15) is 10.9 Å². The zero-order chi connectivity index (χ0) is 16.3. The second-order valence-corrected chi connectivity index (χ2v) is 7.53. The van der Waals surface area contributed by atoms with Crippen LogP contribution in [0.25, 0.3) is 0 Å². The molecule has 1 atom stereocenters. The van der Waals surface area contributed by atoms with E-state index >= 15 is 0 Å². The summed E-state index contributed by atoms with van der Waals surface area (Å²) in [6.07, 6.45) is 3.48. The number of carboxylic acids is 1. The molecule has 0 aliphatic carbocycles. The molecule has 1 saturated heterocycles. The summed E-state index contributed by atoms with van der Waals surface area (Å²) in [5.41, 5.74) is 0. The molecule has 1 fully saturated rings. The third-order valence-electron chi connectivity index (χ3n) is 3.71. The number of pyridine rings is 1. The molecular formula is C13H17ClN2O5S.